The lowest BCUT2D eigenvalue weighted by molar-refractivity contribution is 0.137. The SMILES string of the molecule is CC1CNCC(C2CCN(C)CC2)C1. The second-order valence-corrected chi connectivity index (χ2v) is 5.40. The van der Waals surface area contributed by atoms with E-state index in [0.717, 1.165) is 17.8 Å². The molecule has 0 aromatic heterocycles. The average Bonchev–Trinajstić information content (AvgIpc) is 2.19. The van der Waals surface area contributed by atoms with Crippen molar-refractivity contribution in [3.63, 3.8) is 0 Å². The van der Waals surface area contributed by atoms with Gasteiger partial charge in [-0.3, -0.25) is 0 Å². The molecule has 2 saturated heterocycles. The van der Waals surface area contributed by atoms with Crippen molar-refractivity contribution in [2.75, 3.05) is 33.2 Å². The summed E-state index contributed by atoms with van der Waals surface area (Å²) in [5.41, 5.74) is 0. The first kappa shape index (κ1) is 10.4. The summed E-state index contributed by atoms with van der Waals surface area (Å²) in [5, 5.41) is 3.58. The van der Waals surface area contributed by atoms with Gasteiger partial charge in [-0.05, 0) is 70.2 Å². The summed E-state index contributed by atoms with van der Waals surface area (Å²) in [4.78, 5) is 2.47. The standard InChI is InChI=1S/C12H24N2/c1-10-7-12(9-13-8-10)11-3-5-14(2)6-4-11/h10-13H,3-9H2,1-2H3. The van der Waals surface area contributed by atoms with E-state index in [-0.39, 0.29) is 0 Å². The van der Waals surface area contributed by atoms with Crippen molar-refractivity contribution in [3.8, 4) is 0 Å². The van der Waals surface area contributed by atoms with E-state index in [0.29, 0.717) is 0 Å². The van der Waals surface area contributed by atoms with Crippen LogP contribution in [0.2, 0.25) is 0 Å². The molecule has 0 bridgehead atoms. The Bertz CT molecular complexity index is 173. The van der Waals surface area contributed by atoms with Crippen molar-refractivity contribution in [3.05, 3.63) is 0 Å². The fourth-order valence-corrected chi connectivity index (χ4v) is 3.06. The van der Waals surface area contributed by atoms with Crippen molar-refractivity contribution in [1.29, 1.82) is 0 Å². The topological polar surface area (TPSA) is 15.3 Å². The van der Waals surface area contributed by atoms with Gasteiger partial charge in [-0.25, -0.2) is 0 Å². The van der Waals surface area contributed by atoms with Crippen LogP contribution in [-0.2, 0) is 0 Å². The second-order valence-electron chi connectivity index (χ2n) is 5.40. The fraction of sp³-hybridized carbons (Fsp3) is 1.00. The van der Waals surface area contributed by atoms with Gasteiger partial charge in [0.2, 0.25) is 0 Å². The summed E-state index contributed by atoms with van der Waals surface area (Å²) in [6.07, 6.45) is 4.31. The maximum absolute atomic E-state index is 3.58. The summed E-state index contributed by atoms with van der Waals surface area (Å²) < 4.78 is 0. The molecule has 0 saturated carbocycles. The lowest BCUT2D eigenvalue weighted by Gasteiger charge is -2.38. The van der Waals surface area contributed by atoms with E-state index in [1.54, 1.807) is 0 Å². The van der Waals surface area contributed by atoms with E-state index in [1.165, 1.54) is 45.4 Å². The van der Waals surface area contributed by atoms with Crippen molar-refractivity contribution in [1.82, 2.24) is 10.2 Å². The Morgan fingerprint density at radius 2 is 1.79 bits per heavy atom. The molecule has 0 aromatic carbocycles. The van der Waals surface area contributed by atoms with Gasteiger partial charge in [-0.1, -0.05) is 6.92 Å². The van der Waals surface area contributed by atoms with Crippen LogP contribution in [0.1, 0.15) is 26.2 Å². The van der Waals surface area contributed by atoms with E-state index < -0.39 is 0 Å². The molecule has 2 rings (SSSR count). The van der Waals surface area contributed by atoms with Gasteiger partial charge in [0.25, 0.3) is 0 Å². The third kappa shape index (κ3) is 2.48. The minimum absolute atomic E-state index is 0.897. The summed E-state index contributed by atoms with van der Waals surface area (Å²) in [5.74, 6) is 2.86. The summed E-state index contributed by atoms with van der Waals surface area (Å²) >= 11 is 0. The zero-order valence-electron chi connectivity index (χ0n) is 9.63. The van der Waals surface area contributed by atoms with Gasteiger partial charge in [-0.2, -0.15) is 0 Å². The van der Waals surface area contributed by atoms with Crippen LogP contribution in [0.15, 0.2) is 0 Å². The lowest BCUT2D eigenvalue weighted by atomic mass is 9.78. The van der Waals surface area contributed by atoms with Gasteiger partial charge in [0.1, 0.15) is 0 Å². The Balaban J connectivity index is 1.82. The third-order valence-corrected chi connectivity index (χ3v) is 4.03. The molecule has 1 N–H and O–H groups in total. The van der Waals surface area contributed by atoms with Gasteiger partial charge in [-0.15, -0.1) is 0 Å². The molecule has 2 unspecified atom stereocenters. The first-order chi connectivity index (χ1) is 6.75. The van der Waals surface area contributed by atoms with Crippen LogP contribution in [0.25, 0.3) is 0 Å². The summed E-state index contributed by atoms with van der Waals surface area (Å²) in [7, 11) is 2.25. The van der Waals surface area contributed by atoms with Crippen LogP contribution >= 0.6 is 0 Å². The van der Waals surface area contributed by atoms with Gasteiger partial charge in [0.05, 0.1) is 0 Å². The molecular formula is C12H24N2. The van der Waals surface area contributed by atoms with E-state index in [1.807, 2.05) is 0 Å². The highest BCUT2D eigenvalue weighted by atomic mass is 15.1. The zero-order valence-corrected chi connectivity index (χ0v) is 9.63. The first-order valence-electron chi connectivity index (χ1n) is 6.15. The zero-order chi connectivity index (χ0) is 9.97. The third-order valence-electron chi connectivity index (χ3n) is 4.03. The van der Waals surface area contributed by atoms with E-state index in [4.69, 9.17) is 0 Å². The van der Waals surface area contributed by atoms with Gasteiger partial charge in [0.15, 0.2) is 0 Å². The molecule has 2 aliphatic heterocycles. The summed E-state index contributed by atoms with van der Waals surface area (Å²) in [6, 6.07) is 0. The number of hydrogen-bond acceptors (Lipinski definition) is 2. The number of piperidine rings is 2. The van der Waals surface area contributed by atoms with Crippen LogP contribution in [0.4, 0.5) is 0 Å². The largest absolute Gasteiger partial charge is 0.316 e. The van der Waals surface area contributed by atoms with Gasteiger partial charge >= 0.3 is 0 Å². The van der Waals surface area contributed by atoms with Gasteiger partial charge in [0, 0.05) is 0 Å². The van der Waals surface area contributed by atoms with Crippen LogP contribution in [0.3, 0.4) is 0 Å². The molecule has 0 radical (unpaired) electrons. The predicted octanol–water partition coefficient (Wildman–Crippen LogP) is 1.57. The van der Waals surface area contributed by atoms with Crippen LogP contribution in [0.5, 0.6) is 0 Å². The van der Waals surface area contributed by atoms with E-state index >= 15 is 0 Å². The molecule has 0 amide bonds. The quantitative estimate of drug-likeness (QED) is 0.685. The van der Waals surface area contributed by atoms with E-state index in [2.05, 4.69) is 24.2 Å². The Morgan fingerprint density at radius 1 is 1.07 bits per heavy atom. The molecule has 0 aliphatic carbocycles. The minimum atomic E-state index is 0.897. The van der Waals surface area contributed by atoms with Crippen LogP contribution < -0.4 is 5.32 Å². The van der Waals surface area contributed by atoms with Crippen LogP contribution in [0, 0.1) is 17.8 Å². The molecule has 2 atom stereocenters. The average molecular weight is 196 g/mol. The normalized spacial score (nSPS) is 37.3. The smallest absolute Gasteiger partial charge is 0.00176 e. The molecule has 2 aliphatic rings. The molecule has 2 heteroatoms. The molecular weight excluding hydrogens is 172 g/mol. The molecule has 2 heterocycles. The molecule has 2 fully saturated rings. The number of hydrogen-bond donors (Lipinski definition) is 1. The fourth-order valence-electron chi connectivity index (χ4n) is 3.06. The maximum Gasteiger partial charge on any atom is -0.00176 e. The minimum Gasteiger partial charge on any atom is -0.316 e. The highest BCUT2D eigenvalue weighted by molar-refractivity contribution is 4.82. The highest BCUT2D eigenvalue weighted by Gasteiger charge is 2.28. The van der Waals surface area contributed by atoms with Crippen molar-refractivity contribution in [2.45, 2.75) is 26.2 Å². The Morgan fingerprint density at radius 3 is 2.43 bits per heavy atom. The van der Waals surface area contributed by atoms with Crippen molar-refractivity contribution in [2.24, 2.45) is 17.8 Å². The number of nitrogens with one attached hydrogen (secondary N) is 1. The van der Waals surface area contributed by atoms with Crippen molar-refractivity contribution >= 4 is 0 Å². The molecule has 82 valence electrons. The Kier molecular flexibility index (Phi) is 3.45. The second kappa shape index (κ2) is 4.63. The molecule has 14 heavy (non-hydrogen) atoms. The molecule has 0 spiro atoms. The number of likely N-dealkylation sites (tertiary alicyclic amines) is 1. The lowest BCUT2D eigenvalue weighted by Crippen LogP contribution is -2.42. The molecule has 2 nitrogen and oxygen atoms in total. The van der Waals surface area contributed by atoms with Crippen molar-refractivity contribution < 1.29 is 0 Å². The summed E-state index contributed by atoms with van der Waals surface area (Å²) in [6.45, 7) is 7.53. The number of nitrogens with zero attached hydrogens (tertiary/aromatic N) is 1. The van der Waals surface area contributed by atoms with Crippen LogP contribution in [-0.4, -0.2) is 38.1 Å². The first-order valence-corrected chi connectivity index (χ1v) is 6.15. The predicted molar refractivity (Wildman–Crippen MR) is 60.4 cm³/mol. The highest BCUT2D eigenvalue weighted by Crippen LogP contribution is 2.30. The van der Waals surface area contributed by atoms with Gasteiger partial charge < -0.3 is 10.2 Å². The maximum atomic E-state index is 3.58. The molecule has 0 aromatic rings. The Hall–Kier alpha value is -0.0800. The van der Waals surface area contributed by atoms with E-state index in [9.17, 15) is 0 Å². The monoisotopic (exact) mass is 196 g/mol. The Labute approximate surface area is 88.1 Å². The number of rotatable bonds is 1.